The third-order valence-corrected chi connectivity index (χ3v) is 5.45. The van der Waals surface area contributed by atoms with Gasteiger partial charge in [0.15, 0.2) is 17.3 Å². The third-order valence-electron chi connectivity index (χ3n) is 5.45. The number of Topliss-reactive ketones (excluding diaryl/α,β-unsaturated/α-hetero) is 1. The van der Waals surface area contributed by atoms with Crippen molar-refractivity contribution < 1.29 is 14.3 Å². The first-order chi connectivity index (χ1) is 13.0. The Bertz CT molecular complexity index is 977. The number of nitrogens with one attached hydrogen (secondary N) is 2. The van der Waals surface area contributed by atoms with Gasteiger partial charge in [0.1, 0.15) is 0 Å². The van der Waals surface area contributed by atoms with E-state index in [1.54, 1.807) is 0 Å². The number of hydrogen-bond acceptors (Lipinski definition) is 5. The average molecular weight is 362 g/mol. The van der Waals surface area contributed by atoms with Crippen LogP contribution in [0.5, 0.6) is 11.5 Å². The summed E-state index contributed by atoms with van der Waals surface area (Å²) in [5.41, 5.74) is 4.76. The van der Waals surface area contributed by atoms with E-state index in [0.717, 1.165) is 46.1 Å². The molecule has 0 saturated heterocycles. The zero-order chi connectivity index (χ0) is 18.6. The molecule has 3 aliphatic rings. The standard InChI is InChI=1S/C22H22N2O3/c1-22(2)10-16-20(17(25)11-22)21(24-15-6-4-3-5-14(15)23-16)13-7-8-18-19(9-13)27-12-26-18/h3-9,21,23-24H,10-12H2,1-2H3/t21-/m1/s1. The second-order valence-electron chi connectivity index (χ2n) is 8.19. The predicted octanol–water partition coefficient (Wildman–Crippen LogP) is 4.64. The molecule has 138 valence electrons. The molecule has 2 heterocycles. The van der Waals surface area contributed by atoms with Gasteiger partial charge in [0.2, 0.25) is 6.79 Å². The number of benzene rings is 2. The molecule has 1 atom stereocenters. The lowest BCUT2D eigenvalue weighted by Gasteiger charge is -2.34. The molecule has 5 heteroatoms. The highest BCUT2D eigenvalue weighted by atomic mass is 16.7. The molecule has 5 nitrogen and oxygen atoms in total. The normalized spacial score (nSPS) is 22.3. The summed E-state index contributed by atoms with van der Waals surface area (Å²) in [6, 6.07) is 13.8. The lowest BCUT2D eigenvalue weighted by atomic mass is 9.73. The number of hydrogen-bond donors (Lipinski definition) is 2. The van der Waals surface area contributed by atoms with Crippen molar-refractivity contribution in [3.8, 4) is 11.5 Å². The van der Waals surface area contributed by atoms with E-state index in [1.165, 1.54) is 0 Å². The number of para-hydroxylation sites is 2. The molecular formula is C22H22N2O3. The van der Waals surface area contributed by atoms with Crippen LogP contribution in [0.15, 0.2) is 53.7 Å². The number of anilines is 2. The third kappa shape index (κ3) is 2.74. The zero-order valence-corrected chi connectivity index (χ0v) is 15.5. The lowest BCUT2D eigenvalue weighted by molar-refractivity contribution is -0.118. The van der Waals surface area contributed by atoms with Crippen molar-refractivity contribution in [2.24, 2.45) is 5.41 Å². The fraction of sp³-hybridized carbons (Fsp3) is 0.318. The van der Waals surface area contributed by atoms with Crippen LogP contribution in [0.25, 0.3) is 0 Å². The Balaban J connectivity index is 1.67. The van der Waals surface area contributed by atoms with Gasteiger partial charge >= 0.3 is 0 Å². The Labute approximate surface area is 158 Å². The fourth-order valence-corrected chi connectivity index (χ4v) is 4.23. The first-order valence-corrected chi connectivity index (χ1v) is 9.29. The zero-order valence-electron chi connectivity index (χ0n) is 15.5. The molecule has 0 aromatic heterocycles. The Hall–Kier alpha value is -2.95. The fourth-order valence-electron chi connectivity index (χ4n) is 4.23. The highest BCUT2D eigenvalue weighted by Gasteiger charge is 2.38. The van der Waals surface area contributed by atoms with E-state index in [4.69, 9.17) is 9.47 Å². The molecule has 2 aromatic rings. The van der Waals surface area contributed by atoms with Gasteiger partial charge in [0.25, 0.3) is 0 Å². The minimum Gasteiger partial charge on any atom is -0.454 e. The van der Waals surface area contributed by atoms with E-state index in [9.17, 15) is 4.79 Å². The highest BCUT2D eigenvalue weighted by Crippen LogP contribution is 2.46. The van der Waals surface area contributed by atoms with E-state index in [1.807, 2.05) is 42.5 Å². The number of ketones is 1. The summed E-state index contributed by atoms with van der Waals surface area (Å²) < 4.78 is 11.0. The molecule has 27 heavy (non-hydrogen) atoms. The van der Waals surface area contributed by atoms with Crippen LogP contribution >= 0.6 is 0 Å². The van der Waals surface area contributed by atoms with Gasteiger partial charge < -0.3 is 20.1 Å². The van der Waals surface area contributed by atoms with Gasteiger partial charge in [-0.1, -0.05) is 32.0 Å². The van der Waals surface area contributed by atoms with Crippen molar-refractivity contribution >= 4 is 17.2 Å². The van der Waals surface area contributed by atoms with Crippen LogP contribution in [-0.2, 0) is 4.79 Å². The quantitative estimate of drug-likeness (QED) is 0.774. The lowest BCUT2D eigenvalue weighted by Crippen LogP contribution is -2.31. The first-order valence-electron chi connectivity index (χ1n) is 9.29. The van der Waals surface area contributed by atoms with E-state index in [0.29, 0.717) is 6.42 Å². The van der Waals surface area contributed by atoms with Crippen LogP contribution in [0, 0.1) is 5.41 Å². The maximum Gasteiger partial charge on any atom is 0.231 e. The van der Waals surface area contributed by atoms with E-state index < -0.39 is 0 Å². The number of ether oxygens (including phenoxy) is 2. The highest BCUT2D eigenvalue weighted by molar-refractivity contribution is 6.01. The van der Waals surface area contributed by atoms with Gasteiger partial charge in [-0.15, -0.1) is 0 Å². The summed E-state index contributed by atoms with van der Waals surface area (Å²) in [5.74, 6) is 1.67. The molecule has 5 rings (SSSR count). The predicted molar refractivity (Wildman–Crippen MR) is 104 cm³/mol. The van der Waals surface area contributed by atoms with Crippen LogP contribution in [0.2, 0.25) is 0 Å². The maximum atomic E-state index is 13.2. The molecular weight excluding hydrogens is 340 g/mol. The minimum atomic E-state index is -0.228. The van der Waals surface area contributed by atoms with Crippen molar-refractivity contribution in [1.29, 1.82) is 0 Å². The van der Waals surface area contributed by atoms with Crippen molar-refractivity contribution in [3.63, 3.8) is 0 Å². The molecule has 0 unspecified atom stereocenters. The summed E-state index contributed by atoms with van der Waals surface area (Å²) in [4.78, 5) is 13.2. The van der Waals surface area contributed by atoms with E-state index >= 15 is 0 Å². The van der Waals surface area contributed by atoms with Gasteiger partial charge in [0.05, 0.1) is 17.4 Å². The average Bonchev–Trinajstić information content (AvgIpc) is 3.01. The molecule has 2 N–H and O–H groups in total. The minimum absolute atomic E-state index is 0.0539. The smallest absolute Gasteiger partial charge is 0.231 e. The molecule has 0 radical (unpaired) electrons. The van der Waals surface area contributed by atoms with Crippen molar-refractivity contribution in [3.05, 3.63) is 59.3 Å². The topological polar surface area (TPSA) is 59.6 Å². The Morgan fingerprint density at radius 1 is 1.00 bits per heavy atom. The van der Waals surface area contributed by atoms with Crippen LogP contribution in [0.3, 0.4) is 0 Å². The molecule has 0 saturated carbocycles. The molecule has 0 fully saturated rings. The number of rotatable bonds is 1. The van der Waals surface area contributed by atoms with Gasteiger partial charge in [-0.05, 0) is 41.7 Å². The van der Waals surface area contributed by atoms with Crippen LogP contribution in [-0.4, -0.2) is 12.6 Å². The summed E-state index contributed by atoms with van der Waals surface area (Å²) >= 11 is 0. The van der Waals surface area contributed by atoms with Crippen molar-refractivity contribution in [2.45, 2.75) is 32.7 Å². The summed E-state index contributed by atoms with van der Waals surface area (Å²) in [6.45, 7) is 4.54. The van der Waals surface area contributed by atoms with Crippen LogP contribution < -0.4 is 20.1 Å². The van der Waals surface area contributed by atoms with Crippen molar-refractivity contribution in [1.82, 2.24) is 0 Å². The largest absolute Gasteiger partial charge is 0.454 e. The Kier molecular flexibility index (Phi) is 3.47. The Morgan fingerprint density at radius 3 is 2.63 bits per heavy atom. The van der Waals surface area contributed by atoms with Gasteiger partial charge in [-0.3, -0.25) is 4.79 Å². The van der Waals surface area contributed by atoms with E-state index in [2.05, 4.69) is 24.5 Å². The van der Waals surface area contributed by atoms with Crippen LogP contribution in [0.1, 0.15) is 38.3 Å². The summed E-state index contributed by atoms with van der Waals surface area (Å²) in [7, 11) is 0. The number of carbonyl (C=O) groups is 1. The first kappa shape index (κ1) is 16.2. The van der Waals surface area contributed by atoms with Crippen LogP contribution in [0.4, 0.5) is 11.4 Å². The molecule has 0 spiro atoms. The van der Waals surface area contributed by atoms with Gasteiger partial charge in [-0.25, -0.2) is 0 Å². The number of carbonyl (C=O) groups excluding carboxylic acids is 1. The summed E-state index contributed by atoms with van der Waals surface area (Å²) in [6.07, 6.45) is 1.39. The molecule has 2 aromatic carbocycles. The molecule has 1 aliphatic carbocycles. The van der Waals surface area contributed by atoms with Gasteiger partial charge in [-0.2, -0.15) is 0 Å². The second kappa shape index (κ2) is 5.78. The number of allylic oxidation sites excluding steroid dienone is 1. The SMILES string of the molecule is CC1(C)CC(=O)C2=C(C1)Nc1ccccc1N[C@@H]2c1ccc2c(c1)OCO2. The van der Waals surface area contributed by atoms with Gasteiger partial charge in [0, 0.05) is 17.7 Å². The molecule has 2 aliphatic heterocycles. The maximum absolute atomic E-state index is 13.2. The Morgan fingerprint density at radius 2 is 1.78 bits per heavy atom. The van der Waals surface area contributed by atoms with Crippen molar-refractivity contribution in [2.75, 3.05) is 17.4 Å². The van der Waals surface area contributed by atoms with E-state index in [-0.39, 0.29) is 24.0 Å². The second-order valence-corrected chi connectivity index (χ2v) is 8.19. The monoisotopic (exact) mass is 362 g/mol. The molecule has 0 amide bonds. The summed E-state index contributed by atoms with van der Waals surface area (Å²) in [5, 5.41) is 7.13. The number of fused-ring (bicyclic) bond motifs is 2. The molecule has 0 bridgehead atoms.